The number of rotatable bonds is 5. The summed E-state index contributed by atoms with van der Waals surface area (Å²) in [6, 6.07) is 4.30. The Labute approximate surface area is 161 Å². The van der Waals surface area contributed by atoms with Crippen molar-refractivity contribution in [1.82, 2.24) is 19.4 Å². The summed E-state index contributed by atoms with van der Waals surface area (Å²) in [5.41, 5.74) is 2.19. The Morgan fingerprint density at radius 3 is 2.81 bits per heavy atom. The maximum absolute atomic E-state index is 12.8. The van der Waals surface area contributed by atoms with Crippen LogP contribution in [-0.4, -0.2) is 38.4 Å². The van der Waals surface area contributed by atoms with Gasteiger partial charge in [-0.3, -0.25) is 9.78 Å². The lowest BCUT2D eigenvalue weighted by Crippen LogP contribution is -2.41. The molecule has 0 bridgehead atoms. The number of pyridine rings is 1. The maximum atomic E-state index is 12.8. The number of carbonyl (C=O) groups excluding carboxylic acids is 1. The van der Waals surface area contributed by atoms with E-state index in [1.165, 1.54) is 25.7 Å². The van der Waals surface area contributed by atoms with Crippen LogP contribution in [0.3, 0.4) is 0 Å². The van der Waals surface area contributed by atoms with E-state index in [4.69, 9.17) is 0 Å². The van der Waals surface area contributed by atoms with Gasteiger partial charge in [-0.1, -0.05) is 25.7 Å². The second-order valence-electron chi connectivity index (χ2n) is 8.16. The minimum Gasteiger partial charge on any atom is -0.341 e. The van der Waals surface area contributed by atoms with Crippen LogP contribution in [0.25, 0.3) is 11.4 Å². The summed E-state index contributed by atoms with van der Waals surface area (Å²) < 4.78 is 2.31. The first-order valence-corrected chi connectivity index (χ1v) is 10.4. The average molecular weight is 367 g/mol. The second-order valence-corrected chi connectivity index (χ2v) is 8.16. The van der Waals surface area contributed by atoms with Crippen molar-refractivity contribution in [2.75, 3.05) is 13.1 Å². The summed E-state index contributed by atoms with van der Waals surface area (Å²) in [6.45, 7) is 3.80. The number of likely N-dealkylation sites (tertiary alicyclic amines) is 1. The summed E-state index contributed by atoms with van der Waals surface area (Å²) in [5, 5.41) is 0. The molecule has 1 aliphatic carbocycles. The first kappa shape index (κ1) is 18.2. The Hall–Kier alpha value is -2.17. The molecule has 0 N–H and O–H groups in total. The normalized spacial score (nSPS) is 20.9. The van der Waals surface area contributed by atoms with Crippen LogP contribution in [0.1, 0.15) is 63.1 Å². The lowest BCUT2D eigenvalue weighted by Gasteiger charge is -2.35. The molecule has 0 radical (unpaired) electrons. The zero-order valence-electron chi connectivity index (χ0n) is 16.3. The molecule has 2 aromatic heterocycles. The Balaban J connectivity index is 1.45. The van der Waals surface area contributed by atoms with Crippen molar-refractivity contribution in [3.05, 3.63) is 36.4 Å². The van der Waals surface area contributed by atoms with Crippen molar-refractivity contribution in [2.24, 2.45) is 5.92 Å². The zero-order valence-corrected chi connectivity index (χ0v) is 16.3. The zero-order chi connectivity index (χ0) is 18.6. The highest BCUT2D eigenvalue weighted by Gasteiger charge is 2.28. The Morgan fingerprint density at radius 2 is 2.04 bits per heavy atom. The minimum absolute atomic E-state index is 0.298. The molecule has 1 saturated carbocycles. The molecule has 4 rings (SSSR count). The third kappa shape index (κ3) is 4.07. The number of aryl methyl sites for hydroxylation is 1. The standard InChI is InChI=1S/C22H30N4O/c1-17-14-24-22(19-8-4-12-23-15-19)26(17)20-9-5-13-25(16-20)21(27)11-10-18-6-2-3-7-18/h4,8,12,14-15,18,20H,2-3,5-7,9-11,13,16H2,1H3. The van der Waals surface area contributed by atoms with E-state index in [9.17, 15) is 4.79 Å². The number of aromatic nitrogens is 3. The number of amides is 1. The molecular formula is C22H30N4O. The molecule has 27 heavy (non-hydrogen) atoms. The third-order valence-electron chi connectivity index (χ3n) is 6.26. The summed E-state index contributed by atoms with van der Waals surface area (Å²) >= 11 is 0. The van der Waals surface area contributed by atoms with Crippen molar-refractivity contribution in [2.45, 2.75) is 64.3 Å². The van der Waals surface area contributed by atoms with Crippen LogP contribution in [0.2, 0.25) is 0 Å². The largest absolute Gasteiger partial charge is 0.341 e. The van der Waals surface area contributed by atoms with Gasteiger partial charge in [0.05, 0.1) is 6.04 Å². The molecule has 5 nitrogen and oxygen atoms in total. The third-order valence-corrected chi connectivity index (χ3v) is 6.26. The number of hydrogen-bond acceptors (Lipinski definition) is 3. The quantitative estimate of drug-likeness (QED) is 0.789. The van der Waals surface area contributed by atoms with Gasteiger partial charge in [-0.25, -0.2) is 4.98 Å². The van der Waals surface area contributed by atoms with Gasteiger partial charge in [-0.15, -0.1) is 0 Å². The molecule has 144 valence electrons. The molecule has 1 amide bonds. The highest BCUT2D eigenvalue weighted by molar-refractivity contribution is 5.76. The molecule has 5 heteroatoms. The number of hydrogen-bond donors (Lipinski definition) is 0. The van der Waals surface area contributed by atoms with Crippen molar-refractivity contribution in [3.8, 4) is 11.4 Å². The maximum Gasteiger partial charge on any atom is 0.222 e. The van der Waals surface area contributed by atoms with Gasteiger partial charge in [0.25, 0.3) is 0 Å². The molecule has 2 aliphatic rings. The molecule has 1 unspecified atom stereocenters. The van der Waals surface area contributed by atoms with Crippen molar-refractivity contribution < 1.29 is 4.79 Å². The van der Waals surface area contributed by atoms with Gasteiger partial charge in [0.1, 0.15) is 5.82 Å². The highest BCUT2D eigenvalue weighted by Crippen LogP contribution is 2.31. The number of imidazole rings is 1. The molecule has 3 heterocycles. The molecule has 0 spiro atoms. The molecular weight excluding hydrogens is 336 g/mol. The molecule has 1 saturated heterocycles. The van der Waals surface area contributed by atoms with E-state index in [-0.39, 0.29) is 0 Å². The van der Waals surface area contributed by atoms with Gasteiger partial charge in [-0.05, 0) is 44.2 Å². The first-order chi connectivity index (χ1) is 13.2. The predicted molar refractivity (Wildman–Crippen MR) is 106 cm³/mol. The summed E-state index contributed by atoms with van der Waals surface area (Å²) in [7, 11) is 0. The summed E-state index contributed by atoms with van der Waals surface area (Å²) in [5.74, 6) is 2.08. The predicted octanol–water partition coefficient (Wildman–Crippen LogP) is 4.39. The van der Waals surface area contributed by atoms with Gasteiger partial charge in [-0.2, -0.15) is 0 Å². The van der Waals surface area contributed by atoms with E-state index in [0.717, 1.165) is 61.8 Å². The van der Waals surface area contributed by atoms with Crippen LogP contribution in [0, 0.1) is 12.8 Å². The lowest BCUT2D eigenvalue weighted by molar-refractivity contribution is -0.133. The van der Waals surface area contributed by atoms with Crippen LogP contribution >= 0.6 is 0 Å². The molecule has 2 aromatic rings. The van der Waals surface area contributed by atoms with E-state index in [1.54, 1.807) is 6.20 Å². The van der Waals surface area contributed by atoms with E-state index in [0.29, 0.717) is 11.9 Å². The van der Waals surface area contributed by atoms with Gasteiger partial charge >= 0.3 is 0 Å². The van der Waals surface area contributed by atoms with Crippen LogP contribution in [0.5, 0.6) is 0 Å². The van der Waals surface area contributed by atoms with Gasteiger partial charge in [0.15, 0.2) is 0 Å². The van der Waals surface area contributed by atoms with E-state index < -0.39 is 0 Å². The summed E-state index contributed by atoms with van der Waals surface area (Å²) in [6.07, 6.45) is 14.9. The fourth-order valence-electron chi connectivity index (χ4n) is 4.79. The van der Waals surface area contributed by atoms with Crippen LogP contribution < -0.4 is 0 Å². The van der Waals surface area contributed by atoms with Crippen molar-refractivity contribution >= 4 is 5.91 Å². The van der Waals surface area contributed by atoms with Crippen molar-refractivity contribution in [1.29, 1.82) is 0 Å². The Bertz CT molecular complexity index is 764. The number of piperidine rings is 1. The lowest BCUT2D eigenvalue weighted by atomic mass is 10.00. The molecule has 1 atom stereocenters. The molecule has 1 aliphatic heterocycles. The van der Waals surface area contributed by atoms with Crippen LogP contribution in [0.15, 0.2) is 30.7 Å². The van der Waals surface area contributed by atoms with Gasteiger partial charge in [0, 0.05) is 49.4 Å². The smallest absolute Gasteiger partial charge is 0.222 e. The second kappa shape index (κ2) is 8.24. The number of carbonyl (C=O) groups is 1. The fraction of sp³-hybridized carbons (Fsp3) is 0.591. The van der Waals surface area contributed by atoms with Crippen LogP contribution in [0.4, 0.5) is 0 Å². The topological polar surface area (TPSA) is 51.0 Å². The van der Waals surface area contributed by atoms with Crippen molar-refractivity contribution in [3.63, 3.8) is 0 Å². The first-order valence-electron chi connectivity index (χ1n) is 10.4. The fourth-order valence-corrected chi connectivity index (χ4v) is 4.79. The number of nitrogens with zero attached hydrogens (tertiary/aromatic N) is 4. The monoisotopic (exact) mass is 366 g/mol. The van der Waals surface area contributed by atoms with Crippen LogP contribution in [-0.2, 0) is 4.79 Å². The van der Waals surface area contributed by atoms with E-state index >= 15 is 0 Å². The van der Waals surface area contributed by atoms with E-state index in [1.807, 2.05) is 18.5 Å². The highest BCUT2D eigenvalue weighted by atomic mass is 16.2. The van der Waals surface area contributed by atoms with Gasteiger partial charge in [0.2, 0.25) is 5.91 Å². The van der Waals surface area contributed by atoms with E-state index in [2.05, 4.69) is 32.4 Å². The summed E-state index contributed by atoms with van der Waals surface area (Å²) in [4.78, 5) is 23.8. The average Bonchev–Trinajstić information content (AvgIpc) is 3.36. The Morgan fingerprint density at radius 1 is 1.19 bits per heavy atom. The molecule has 0 aromatic carbocycles. The molecule has 2 fully saturated rings. The van der Waals surface area contributed by atoms with Gasteiger partial charge < -0.3 is 9.47 Å². The minimum atomic E-state index is 0.298. The Kier molecular flexibility index (Phi) is 5.55. The SMILES string of the molecule is Cc1cnc(-c2cccnc2)n1C1CCCN(C(=O)CCC2CCCC2)C1.